The van der Waals surface area contributed by atoms with Gasteiger partial charge in [-0.2, -0.15) is 0 Å². The van der Waals surface area contributed by atoms with E-state index in [0.717, 1.165) is 22.3 Å². The minimum Gasteiger partial charge on any atom is -0.355 e. The Morgan fingerprint density at radius 3 is 0.779 bits per heavy atom. The molecular formula is C52H58F4N6O6. The van der Waals surface area contributed by atoms with Crippen molar-refractivity contribution >= 4 is 35.4 Å². The minimum absolute atomic E-state index is 0.0323. The van der Waals surface area contributed by atoms with Gasteiger partial charge in [-0.3, -0.25) is 28.8 Å². The third-order valence-electron chi connectivity index (χ3n) is 13.5. The smallest absolute Gasteiger partial charge is 0.225 e. The number of benzene rings is 4. The zero-order valence-electron chi connectivity index (χ0n) is 37.9. The molecule has 6 amide bonds. The highest BCUT2D eigenvalue weighted by Crippen LogP contribution is 2.36. The molecule has 2 saturated heterocycles. The quantitative estimate of drug-likeness (QED) is 0.104. The molecule has 0 bridgehead atoms. The number of nitrogens with zero attached hydrogens (tertiary/aromatic N) is 2. The summed E-state index contributed by atoms with van der Waals surface area (Å²) in [4.78, 5) is 86.0. The van der Waals surface area contributed by atoms with Crippen LogP contribution in [-0.2, 0) is 54.5 Å². The van der Waals surface area contributed by atoms with Crippen LogP contribution in [0.4, 0.5) is 17.6 Å². The zero-order valence-corrected chi connectivity index (χ0v) is 37.9. The van der Waals surface area contributed by atoms with Crippen LogP contribution < -0.4 is 21.3 Å². The number of likely N-dealkylation sites (tertiary alicyclic amines) is 2. The van der Waals surface area contributed by atoms with Gasteiger partial charge in [-0.05, 0) is 122 Å². The molecule has 4 aromatic carbocycles. The van der Waals surface area contributed by atoms with Crippen molar-refractivity contribution in [1.82, 2.24) is 31.1 Å². The highest BCUT2D eigenvalue weighted by molar-refractivity contribution is 5.92. The standard InChI is InChI=1S/C52H58F4N6O6/c53-39-13-1-33(2-14-39)21-25-57-47(63)43-29-61(30-44(43)48(64)58-26-22-34-3-15-40(54)16-4-34)51(67)37-9-11-38(12-10-37)52(68)62-31-45(49(65)59-27-23-35-5-17-41(55)18-6-35)46(32-62)50(66)60-28-24-36-7-19-42(56)20-8-36/h1-8,13-20,37-38,43-46H,9-12,21-32H2,(H,57,63)(H,58,64)(H,59,65)(H,60,66)/t37-,38-,43-,44?,45?,46?/m1/s1. The second kappa shape index (κ2) is 23.4. The molecule has 12 nitrogen and oxygen atoms in total. The summed E-state index contributed by atoms with van der Waals surface area (Å²) in [6.07, 6.45) is 3.33. The second-order valence-electron chi connectivity index (χ2n) is 18.1. The van der Waals surface area contributed by atoms with Crippen LogP contribution in [0, 0.1) is 58.8 Å². The van der Waals surface area contributed by atoms with Crippen LogP contribution in [0.15, 0.2) is 97.1 Å². The van der Waals surface area contributed by atoms with Crippen LogP contribution in [0.2, 0.25) is 0 Å². The first kappa shape index (κ1) is 49.3. The van der Waals surface area contributed by atoms with Gasteiger partial charge in [0.1, 0.15) is 23.3 Å². The van der Waals surface area contributed by atoms with Crippen molar-refractivity contribution in [3.05, 3.63) is 143 Å². The summed E-state index contributed by atoms with van der Waals surface area (Å²) in [5, 5.41) is 11.6. The molecule has 2 aliphatic heterocycles. The highest BCUT2D eigenvalue weighted by Gasteiger charge is 2.47. The van der Waals surface area contributed by atoms with E-state index in [-0.39, 0.29) is 111 Å². The number of halogens is 4. The topological polar surface area (TPSA) is 157 Å². The van der Waals surface area contributed by atoms with Gasteiger partial charge in [0.25, 0.3) is 0 Å². The Morgan fingerprint density at radius 2 is 0.574 bits per heavy atom. The number of nitrogens with one attached hydrogen (secondary N) is 4. The number of hydrogen-bond acceptors (Lipinski definition) is 6. The fraction of sp³-hybridized carbons (Fsp3) is 0.423. The van der Waals surface area contributed by atoms with Gasteiger partial charge in [0.2, 0.25) is 35.4 Å². The number of hydrogen-bond donors (Lipinski definition) is 4. The minimum atomic E-state index is -0.827. The van der Waals surface area contributed by atoms with Gasteiger partial charge in [-0.15, -0.1) is 0 Å². The average Bonchev–Trinajstić information content (AvgIpc) is 4.01. The van der Waals surface area contributed by atoms with Gasteiger partial charge >= 0.3 is 0 Å². The molecule has 4 atom stereocenters. The maximum atomic E-state index is 14.1. The lowest BCUT2D eigenvalue weighted by atomic mass is 9.80. The van der Waals surface area contributed by atoms with E-state index in [1.807, 2.05) is 0 Å². The molecule has 16 heteroatoms. The van der Waals surface area contributed by atoms with E-state index in [9.17, 15) is 46.3 Å². The molecule has 0 spiro atoms. The van der Waals surface area contributed by atoms with Gasteiger partial charge in [0.05, 0.1) is 23.7 Å². The van der Waals surface area contributed by atoms with Crippen LogP contribution in [0.5, 0.6) is 0 Å². The van der Waals surface area contributed by atoms with E-state index in [4.69, 9.17) is 0 Å². The van der Waals surface area contributed by atoms with Crippen molar-refractivity contribution in [2.45, 2.75) is 51.4 Å². The highest BCUT2D eigenvalue weighted by atomic mass is 19.1. The lowest BCUT2D eigenvalue weighted by Gasteiger charge is -2.32. The molecule has 68 heavy (non-hydrogen) atoms. The normalized spacial score (nSPS) is 21.2. The zero-order chi connectivity index (χ0) is 48.2. The predicted molar refractivity (Wildman–Crippen MR) is 245 cm³/mol. The summed E-state index contributed by atoms with van der Waals surface area (Å²) >= 11 is 0. The number of amides is 6. The number of carbonyl (C=O) groups is 6. The van der Waals surface area contributed by atoms with Crippen LogP contribution in [0.25, 0.3) is 0 Å². The lowest BCUT2D eigenvalue weighted by Crippen LogP contribution is -2.42. The average molecular weight is 939 g/mol. The molecule has 1 saturated carbocycles. The van der Waals surface area contributed by atoms with E-state index in [0.29, 0.717) is 51.4 Å². The first-order chi connectivity index (χ1) is 32.8. The first-order valence-corrected chi connectivity index (χ1v) is 23.5. The Kier molecular flexibility index (Phi) is 17.0. The van der Waals surface area contributed by atoms with Crippen molar-refractivity contribution < 1.29 is 46.3 Å². The summed E-state index contributed by atoms with van der Waals surface area (Å²) in [6.45, 7) is 1.11. The molecule has 1 aliphatic carbocycles. The molecule has 360 valence electrons. The van der Waals surface area contributed by atoms with Gasteiger partial charge in [0, 0.05) is 64.2 Å². The summed E-state index contributed by atoms with van der Waals surface area (Å²) < 4.78 is 53.7. The van der Waals surface area contributed by atoms with Crippen LogP contribution >= 0.6 is 0 Å². The van der Waals surface area contributed by atoms with Crippen molar-refractivity contribution in [3.63, 3.8) is 0 Å². The number of rotatable bonds is 18. The largest absolute Gasteiger partial charge is 0.355 e. The Morgan fingerprint density at radius 1 is 0.368 bits per heavy atom. The maximum Gasteiger partial charge on any atom is 0.225 e. The van der Waals surface area contributed by atoms with Gasteiger partial charge in [0.15, 0.2) is 0 Å². The summed E-state index contributed by atoms with van der Waals surface area (Å²) in [6, 6.07) is 23.8. The van der Waals surface area contributed by atoms with E-state index in [2.05, 4.69) is 21.3 Å². The van der Waals surface area contributed by atoms with E-state index in [1.165, 1.54) is 48.5 Å². The Labute approximate surface area is 393 Å². The predicted octanol–water partition coefficient (Wildman–Crippen LogP) is 4.93. The lowest BCUT2D eigenvalue weighted by molar-refractivity contribution is -0.141. The molecule has 0 aromatic heterocycles. The Bertz CT molecular complexity index is 2070. The van der Waals surface area contributed by atoms with Crippen LogP contribution in [0.1, 0.15) is 47.9 Å². The Hall–Kier alpha value is -6.58. The molecule has 2 heterocycles. The van der Waals surface area contributed by atoms with Crippen LogP contribution in [-0.4, -0.2) is 97.6 Å². The molecule has 3 aliphatic rings. The Balaban J connectivity index is 0.943. The second-order valence-corrected chi connectivity index (χ2v) is 18.1. The van der Waals surface area contributed by atoms with Gasteiger partial charge < -0.3 is 31.1 Å². The van der Waals surface area contributed by atoms with Crippen LogP contribution in [0.3, 0.4) is 0 Å². The molecule has 4 aromatic rings. The van der Waals surface area contributed by atoms with Gasteiger partial charge in [-0.25, -0.2) is 17.6 Å². The molecule has 4 N–H and O–H groups in total. The van der Waals surface area contributed by atoms with Crippen molar-refractivity contribution in [3.8, 4) is 0 Å². The number of carbonyl (C=O) groups excluding carboxylic acids is 6. The molecular weight excluding hydrogens is 881 g/mol. The monoisotopic (exact) mass is 938 g/mol. The maximum absolute atomic E-state index is 14.1. The van der Waals surface area contributed by atoms with E-state index in [1.54, 1.807) is 58.3 Å². The fourth-order valence-corrected chi connectivity index (χ4v) is 9.58. The SMILES string of the molecule is O=C(NCCc1ccc(F)cc1)C1CN(C(=O)[C@H]2CC[C@H](C(=O)N3CC(C(=O)NCCc4ccc(F)cc4)[C@H](C(=O)NCCc4ccc(F)cc4)C3)CC2)CC1C(=O)NCCc1ccc(F)cc1. The summed E-state index contributed by atoms with van der Waals surface area (Å²) in [5.74, 6) is -7.56. The third-order valence-corrected chi connectivity index (χ3v) is 13.5. The third kappa shape index (κ3) is 13.3. The van der Waals surface area contributed by atoms with Crippen molar-refractivity contribution in [1.29, 1.82) is 0 Å². The molecule has 0 radical (unpaired) electrons. The van der Waals surface area contributed by atoms with Crippen molar-refractivity contribution in [2.24, 2.45) is 35.5 Å². The van der Waals surface area contributed by atoms with E-state index >= 15 is 0 Å². The fourth-order valence-electron chi connectivity index (χ4n) is 9.58. The molecule has 3 unspecified atom stereocenters. The van der Waals surface area contributed by atoms with Crippen molar-refractivity contribution in [2.75, 3.05) is 52.4 Å². The summed E-state index contributed by atoms with van der Waals surface area (Å²) in [5.41, 5.74) is 3.29. The van der Waals surface area contributed by atoms with Gasteiger partial charge in [-0.1, -0.05) is 48.5 Å². The molecule has 3 fully saturated rings. The first-order valence-electron chi connectivity index (χ1n) is 23.5. The summed E-state index contributed by atoms with van der Waals surface area (Å²) in [7, 11) is 0. The van der Waals surface area contributed by atoms with E-state index < -0.39 is 35.5 Å². The molecule has 7 rings (SSSR count).